The van der Waals surface area contributed by atoms with Gasteiger partial charge < -0.3 is 4.74 Å². The Morgan fingerprint density at radius 1 is 1.18 bits per heavy atom. The van der Waals surface area contributed by atoms with Gasteiger partial charge in [-0.25, -0.2) is 4.98 Å². The van der Waals surface area contributed by atoms with Crippen molar-refractivity contribution in [1.82, 2.24) is 4.98 Å². The summed E-state index contributed by atoms with van der Waals surface area (Å²) in [6.45, 7) is 0. The van der Waals surface area contributed by atoms with Gasteiger partial charge in [0.1, 0.15) is 5.15 Å². The summed E-state index contributed by atoms with van der Waals surface area (Å²) >= 11 is 5.94. The average molecular weight is 248 g/mol. The monoisotopic (exact) mass is 247 g/mol. The molecule has 0 amide bonds. The molecule has 0 unspecified atom stereocenters. The molecule has 0 N–H and O–H groups in total. The molecule has 17 heavy (non-hydrogen) atoms. The highest BCUT2D eigenvalue weighted by atomic mass is 35.5. The van der Waals surface area contributed by atoms with Crippen LogP contribution < -0.4 is 4.74 Å². The van der Waals surface area contributed by atoms with Crippen LogP contribution in [0.15, 0.2) is 42.5 Å². The lowest BCUT2D eigenvalue weighted by Crippen LogP contribution is -2.03. The lowest BCUT2D eigenvalue weighted by molar-refractivity contribution is 0.103. The maximum absolute atomic E-state index is 12.1. The minimum atomic E-state index is -0.147. The van der Waals surface area contributed by atoms with Crippen LogP contribution in [-0.4, -0.2) is 17.9 Å². The van der Waals surface area contributed by atoms with Crippen molar-refractivity contribution in [3.63, 3.8) is 0 Å². The number of ketones is 1. The summed E-state index contributed by atoms with van der Waals surface area (Å²) in [6.07, 6.45) is 0. The van der Waals surface area contributed by atoms with Crippen molar-refractivity contribution < 1.29 is 9.53 Å². The molecule has 0 aliphatic rings. The normalized spacial score (nSPS) is 10.0. The maximum Gasteiger partial charge on any atom is 0.214 e. The van der Waals surface area contributed by atoms with E-state index in [0.29, 0.717) is 17.0 Å². The van der Waals surface area contributed by atoms with Crippen LogP contribution in [0.4, 0.5) is 0 Å². The van der Waals surface area contributed by atoms with E-state index in [1.807, 2.05) is 6.07 Å². The van der Waals surface area contributed by atoms with Gasteiger partial charge in [-0.3, -0.25) is 4.79 Å². The molecule has 1 aromatic heterocycles. The highest BCUT2D eigenvalue weighted by molar-refractivity contribution is 6.33. The molecule has 3 nitrogen and oxygen atoms in total. The number of halogens is 1. The molecule has 0 atom stereocenters. The largest absolute Gasteiger partial charge is 0.481 e. The molecular weight excluding hydrogens is 238 g/mol. The number of aromatic nitrogens is 1. The van der Waals surface area contributed by atoms with Gasteiger partial charge in [-0.1, -0.05) is 41.9 Å². The van der Waals surface area contributed by atoms with E-state index in [1.165, 1.54) is 7.11 Å². The Morgan fingerprint density at radius 2 is 1.88 bits per heavy atom. The number of benzene rings is 1. The highest BCUT2D eigenvalue weighted by Gasteiger charge is 2.14. The summed E-state index contributed by atoms with van der Waals surface area (Å²) < 4.78 is 4.93. The first-order chi connectivity index (χ1) is 8.22. The van der Waals surface area contributed by atoms with E-state index in [-0.39, 0.29) is 10.9 Å². The summed E-state index contributed by atoms with van der Waals surface area (Å²) in [7, 11) is 1.50. The van der Waals surface area contributed by atoms with Crippen molar-refractivity contribution in [2.45, 2.75) is 0 Å². The first kappa shape index (κ1) is 11.6. The van der Waals surface area contributed by atoms with Crippen molar-refractivity contribution in [3.8, 4) is 5.88 Å². The SMILES string of the molecule is COc1ccc(C(=O)c2ccccc2)c(Cl)n1. The molecule has 0 fully saturated rings. The molecule has 0 saturated heterocycles. The third kappa shape index (κ3) is 2.45. The van der Waals surface area contributed by atoms with E-state index in [4.69, 9.17) is 16.3 Å². The zero-order chi connectivity index (χ0) is 12.3. The smallest absolute Gasteiger partial charge is 0.214 e. The highest BCUT2D eigenvalue weighted by Crippen LogP contribution is 2.20. The van der Waals surface area contributed by atoms with Crippen LogP contribution in [-0.2, 0) is 0 Å². The van der Waals surface area contributed by atoms with Gasteiger partial charge in [-0.15, -0.1) is 0 Å². The van der Waals surface area contributed by atoms with Crippen LogP contribution in [0.3, 0.4) is 0 Å². The lowest BCUT2D eigenvalue weighted by atomic mass is 10.1. The van der Waals surface area contributed by atoms with E-state index in [1.54, 1.807) is 36.4 Å². The van der Waals surface area contributed by atoms with E-state index < -0.39 is 0 Å². The average Bonchev–Trinajstić information content (AvgIpc) is 2.39. The second-order valence-electron chi connectivity index (χ2n) is 3.39. The van der Waals surface area contributed by atoms with Crippen molar-refractivity contribution in [1.29, 1.82) is 0 Å². The Kier molecular flexibility index (Phi) is 3.40. The number of ether oxygens (including phenoxy) is 1. The summed E-state index contributed by atoms with van der Waals surface area (Å²) in [5.74, 6) is 0.241. The molecule has 1 aromatic carbocycles. The molecule has 0 aliphatic carbocycles. The topological polar surface area (TPSA) is 39.2 Å². The Morgan fingerprint density at radius 3 is 2.47 bits per heavy atom. The van der Waals surface area contributed by atoms with Crippen LogP contribution in [0.1, 0.15) is 15.9 Å². The number of pyridine rings is 1. The Labute approximate surface area is 104 Å². The second-order valence-corrected chi connectivity index (χ2v) is 3.75. The number of nitrogens with zero attached hydrogens (tertiary/aromatic N) is 1. The third-order valence-corrected chi connectivity index (χ3v) is 2.60. The summed E-state index contributed by atoms with van der Waals surface area (Å²) in [4.78, 5) is 16.1. The van der Waals surface area contributed by atoms with Crippen molar-refractivity contribution in [2.75, 3.05) is 7.11 Å². The number of hydrogen-bond acceptors (Lipinski definition) is 3. The minimum absolute atomic E-state index is 0.147. The van der Waals surface area contributed by atoms with Gasteiger partial charge in [0.15, 0.2) is 5.78 Å². The molecule has 0 radical (unpaired) electrons. The second kappa shape index (κ2) is 4.97. The predicted molar refractivity (Wildman–Crippen MR) is 65.7 cm³/mol. The van der Waals surface area contributed by atoms with Gasteiger partial charge in [0, 0.05) is 11.6 Å². The number of rotatable bonds is 3. The fourth-order valence-electron chi connectivity index (χ4n) is 1.45. The molecule has 0 saturated carbocycles. The molecule has 2 aromatic rings. The fraction of sp³-hybridized carbons (Fsp3) is 0.0769. The van der Waals surface area contributed by atoms with Crippen LogP contribution in [0.5, 0.6) is 5.88 Å². The van der Waals surface area contributed by atoms with Crippen molar-refractivity contribution in [3.05, 3.63) is 58.7 Å². The predicted octanol–water partition coefficient (Wildman–Crippen LogP) is 2.97. The Hall–Kier alpha value is -1.87. The summed E-state index contributed by atoms with van der Waals surface area (Å²) in [5, 5.41) is 0.151. The lowest BCUT2D eigenvalue weighted by Gasteiger charge is -2.04. The number of carbonyl (C=O) groups excluding carboxylic acids is 1. The van der Waals surface area contributed by atoms with Crippen LogP contribution >= 0.6 is 11.6 Å². The van der Waals surface area contributed by atoms with E-state index >= 15 is 0 Å². The molecule has 86 valence electrons. The van der Waals surface area contributed by atoms with Crippen LogP contribution in [0.2, 0.25) is 5.15 Å². The number of methoxy groups -OCH3 is 1. The van der Waals surface area contributed by atoms with E-state index in [0.717, 1.165) is 0 Å². The third-order valence-electron chi connectivity index (χ3n) is 2.31. The molecular formula is C13H10ClNO2. The first-order valence-electron chi connectivity index (χ1n) is 5.02. The number of hydrogen-bond donors (Lipinski definition) is 0. The van der Waals surface area contributed by atoms with Crippen molar-refractivity contribution in [2.24, 2.45) is 0 Å². The molecule has 0 spiro atoms. The zero-order valence-electron chi connectivity index (χ0n) is 9.18. The summed E-state index contributed by atoms with van der Waals surface area (Å²) in [5.41, 5.74) is 0.958. The Balaban J connectivity index is 2.38. The number of carbonyl (C=O) groups is 1. The van der Waals surface area contributed by atoms with Crippen molar-refractivity contribution >= 4 is 17.4 Å². The zero-order valence-corrected chi connectivity index (χ0v) is 9.94. The van der Waals surface area contributed by atoms with Gasteiger partial charge in [-0.2, -0.15) is 0 Å². The Bertz CT molecular complexity index is 540. The van der Waals surface area contributed by atoms with E-state index in [9.17, 15) is 4.79 Å². The van der Waals surface area contributed by atoms with Gasteiger partial charge >= 0.3 is 0 Å². The van der Waals surface area contributed by atoms with Gasteiger partial charge in [0.2, 0.25) is 5.88 Å². The van der Waals surface area contributed by atoms with Gasteiger partial charge in [0.25, 0.3) is 0 Å². The van der Waals surface area contributed by atoms with Gasteiger partial charge in [-0.05, 0) is 6.07 Å². The first-order valence-corrected chi connectivity index (χ1v) is 5.40. The van der Waals surface area contributed by atoms with Crippen LogP contribution in [0.25, 0.3) is 0 Å². The molecule has 0 bridgehead atoms. The summed E-state index contributed by atoms with van der Waals surface area (Å²) in [6, 6.07) is 12.2. The quantitative estimate of drug-likeness (QED) is 0.618. The molecule has 2 rings (SSSR count). The molecule has 0 aliphatic heterocycles. The molecule has 4 heteroatoms. The maximum atomic E-state index is 12.1. The standard InChI is InChI=1S/C13H10ClNO2/c1-17-11-8-7-10(13(14)15-11)12(16)9-5-3-2-4-6-9/h2-8H,1H3. The molecule has 1 heterocycles. The van der Waals surface area contributed by atoms with Crippen LogP contribution in [0, 0.1) is 0 Å². The van der Waals surface area contributed by atoms with Gasteiger partial charge in [0.05, 0.1) is 12.7 Å². The fourth-order valence-corrected chi connectivity index (χ4v) is 1.68. The van der Waals surface area contributed by atoms with E-state index in [2.05, 4.69) is 4.98 Å². The minimum Gasteiger partial charge on any atom is -0.481 e.